The van der Waals surface area contributed by atoms with E-state index < -0.39 is 0 Å². The van der Waals surface area contributed by atoms with Gasteiger partial charge in [0.2, 0.25) is 0 Å². The van der Waals surface area contributed by atoms with E-state index in [-0.39, 0.29) is 11.2 Å². The molecule has 0 N–H and O–H groups in total. The van der Waals surface area contributed by atoms with Crippen molar-refractivity contribution < 1.29 is 4.79 Å². The predicted molar refractivity (Wildman–Crippen MR) is 83.4 cm³/mol. The molecule has 2 nitrogen and oxygen atoms in total. The van der Waals surface area contributed by atoms with Gasteiger partial charge in [0.25, 0.3) is 0 Å². The first-order valence-electron chi connectivity index (χ1n) is 6.57. The second-order valence-electron chi connectivity index (χ2n) is 5.91. The molecule has 0 atom stereocenters. The zero-order chi connectivity index (χ0) is 14.9. The van der Waals surface area contributed by atoms with Gasteiger partial charge in [-0.3, -0.25) is 9.78 Å². The minimum Gasteiger partial charge on any atom is -0.295 e. The third-order valence-electron chi connectivity index (χ3n) is 3.15. The average molecular weight is 288 g/mol. The summed E-state index contributed by atoms with van der Waals surface area (Å²) in [5, 5.41) is 0.639. The van der Waals surface area contributed by atoms with Gasteiger partial charge in [-0.25, -0.2) is 0 Å². The molecule has 1 aromatic heterocycles. The molecule has 1 heterocycles. The van der Waals surface area contributed by atoms with Gasteiger partial charge in [0.1, 0.15) is 0 Å². The van der Waals surface area contributed by atoms with E-state index in [9.17, 15) is 4.79 Å². The smallest absolute Gasteiger partial charge is 0.159 e. The number of hydrogen-bond acceptors (Lipinski definition) is 2. The van der Waals surface area contributed by atoms with E-state index in [1.165, 1.54) is 0 Å². The molecule has 3 heteroatoms. The van der Waals surface area contributed by atoms with E-state index in [0.717, 1.165) is 17.0 Å². The number of ketones is 1. The Bertz CT molecular complexity index is 656. The van der Waals surface area contributed by atoms with Gasteiger partial charge in [0.05, 0.1) is 5.69 Å². The number of nitrogens with zero attached hydrogens (tertiary/aromatic N) is 1. The first-order chi connectivity index (χ1) is 9.29. The van der Waals surface area contributed by atoms with Gasteiger partial charge in [-0.15, -0.1) is 0 Å². The Balaban J connectivity index is 2.68. The fourth-order valence-electron chi connectivity index (χ4n) is 1.92. The van der Waals surface area contributed by atoms with Crippen LogP contribution in [0.2, 0.25) is 5.02 Å². The van der Waals surface area contributed by atoms with Gasteiger partial charge in [0.15, 0.2) is 5.78 Å². The number of rotatable bonds is 2. The van der Waals surface area contributed by atoms with Gasteiger partial charge in [-0.1, -0.05) is 50.6 Å². The van der Waals surface area contributed by atoms with Crippen molar-refractivity contribution in [3.05, 3.63) is 52.7 Å². The number of carbonyl (C=O) groups is 1. The summed E-state index contributed by atoms with van der Waals surface area (Å²) in [7, 11) is 0. The van der Waals surface area contributed by atoms with Crippen LogP contribution in [0.25, 0.3) is 11.3 Å². The lowest BCUT2D eigenvalue weighted by Gasteiger charge is -2.20. The van der Waals surface area contributed by atoms with Gasteiger partial charge in [-0.05, 0) is 25.1 Å². The Morgan fingerprint density at radius 3 is 2.35 bits per heavy atom. The molecule has 0 radical (unpaired) electrons. The molecule has 0 unspecified atom stereocenters. The summed E-state index contributed by atoms with van der Waals surface area (Å²) >= 11 is 6.23. The molecule has 0 aliphatic rings. The lowest BCUT2D eigenvalue weighted by atomic mass is 9.89. The van der Waals surface area contributed by atoms with Crippen molar-refractivity contribution in [2.75, 3.05) is 0 Å². The molecule has 2 rings (SSSR count). The molecule has 0 aliphatic heterocycles. The highest BCUT2D eigenvalue weighted by Gasteiger charge is 2.19. The topological polar surface area (TPSA) is 30.0 Å². The SMILES string of the molecule is CC(=O)c1cc(-c2ccccc2Cl)nc(C(C)(C)C)c1. The van der Waals surface area contributed by atoms with Crippen LogP contribution in [-0.2, 0) is 5.41 Å². The zero-order valence-electron chi connectivity index (χ0n) is 12.2. The molecule has 0 saturated carbocycles. The van der Waals surface area contributed by atoms with Gasteiger partial charge < -0.3 is 0 Å². The molecule has 0 fully saturated rings. The molecule has 0 spiro atoms. The standard InChI is InChI=1S/C17H18ClNO/c1-11(20)12-9-15(13-7-5-6-8-14(13)18)19-16(10-12)17(2,3)4/h5-10H,1-4H3. The highest BCUT2D eigenvalue weighted by atomic mass is 35.5. The molecule has 0 aliphatic carbocycles. The monoisotopic (exact) mass is 287 g/mol. The quantitative estimate of drug-likeness (QED) is 0.735. The fraction of sp³-hybridized carbons (Fsp3) is 0.294. The molecule has 20 heavy (non-hydrogen) atoms. The summed E-state index contributed by atoms with van der Waals surface area (Å²) in [5.41, 5.74) is 3.03. The van der Waals surface area contributed by atoms with Crippen molar-refractivity contribution in [2.45, 2.75) is 33.1 Å². The van der Waals surface area contributed by atoms with Crippen molar-refractivity contribution in [3.8, 4) is 11.3 Å². The summed E-state index contributed by atoms with van der Waals surface area (Å²) in [6.07, 6.45) is 0. The molecule has 0 amide bonds. The lowest BCUT2D eigenvalue weighted by Crippen LogP contribution is -2.15. The highest BCUT2D eigenvalue weighted by Crippen LogP contribution is 2.30. The summed E-state index contributed by atoms with van der Waals surface area (Å²) in [6, 6.07) is 11.2. The van der Waals surface area contributed by atoms with Crippen LogP contribution < -0.4 is 0 Å². The maximum atomic E-state index is 11.7. The maximum Gasteiger partial charge on any atom is 0.159 e. The molecular formula is C17H18ClNO. The Morgan fingerprint density at radius 2 is 1.80 bits per heavy atom. The van der Waals surface area contributed by atoms with Crippen molar-refractivity contribution >= 4 is 17.4 Å². The summed E-state index contributed by atoms with van der Waals surface area (Å²) in [6.45, 7) is 7.80. The normalized spacial score (nSPS) is 11.4. The molecule has 1 aromatic carbocycles. The van der Waals surface area contributed by atoms with Crippen LogP contribution in [0, 0.1) is 0 Å². The van der Waals surface area contributed by atoms with Crippen LogP contribution in [0.4, 0.5) is 0 Å². The number of hydrogen-bond donors (Lipinski definition) is 0. The Labute approximate surface area is 124 Å². The summed E-state index contributed by atoms with van der Waals surface area (Å²) in [5.74, 6) is 0.0335. The van der Waals surface area contributed by atoms with Crippen LogP contribution >= 0.6 is 11.6 Å². The number of aromatic nitrogens is 1. The van der Waals surface area contributed by atoms with Crippen LogP contribution in [-0.4, -0.2) is 10.8 Å². The number of halogens is 1. The third kappa shape index (κ3) is 3.07. The van der Waals surface area contributed by atoms with E-state index in [1.54, 1.807) is 13.0 Å². The average Bonchev–Trinajstić information content (AvgIpc) is 2.37. The number of Topliss-reactive ketones (excluding diaryl/α,β-unsaturated/α-hetero) is 1. The minimum absolute atomic E-state index is 0.0335. The van der Waals surface area contributed by atoms with E-state index in [2.05, 4.69) is 25.8 Å². The van der Waals surface area contributed by atoms with Crippen molar-refractivity contribution in [2.24, 2.45) is 0 Å². The van der Waals surface area contributed by atoms with Crippen molar-refractivity contribution in [1.29, 1.82) is 0 Å². The largest absolute Gasteiger partial charge is 0.295 e. The number of benzene rings is 1. The third-order valence-corrected chi connectivity index (χ3v) is 3.48. The molecule has 2 aromatic rings. The number of pyridine rings is 1. The lowest BCUT2D eigenvalue weighted by molar-refractivity contribution is 0.101. The van der Waals surface area contributed by atoms with Crippen LogP contribution in [0.5, 0.6) is 0 Å². The van der Waals surface area contributed by atoms with E-state index >= 15 is 0 Å². The van der Waals surface area contributed by atoms with E-state index in [1.807, 2.05) is 30.3 Å². The molecule has 0 saturated heterocycles. The van der Waals surface area contributed by atoms with E-state index in [4.69, 9.17) is 11.6 Å². The fourth-order valence-corrected chi connectivity index (χ4v) is 2.16. The molecule has 104 valence electrons. The van der Waals surface area contributed by atoms with Crippen LogP contribution in [0.1, 0.15) is 43.7 Å². The van der Waals surface area contributed by atoms with Gasteiger partial charge in [0, 0.05) is 27.3 Å². The summed E-state index contributed by atoms with van der Waals surface area (Å²) in [4.78, 5) is 16.4. The van der Waals surface area contributed by atoms with Gasteiger partial charge >= 0.3 is 0 Å². The van der Waals surface area contributed by atoms with E-state index in [0.29, 0.717) is 10.6 Å². The van der Waals surface area contributed by atoms with Gasteiger partial charge in [-0.2, -0.15) is 0 Å². The van der Waals surface area contributed by atoms with Crippen molar-refractivity contribution in [3.63, 3.8) is 0 Å². The number of carbonyl (C=O) groups excluding carboxylic acids is 1. The van der Waals surface area contributed by atoms with Crippen molar-refractivity contribution in [1.82, 2.24) is 4.98 Å². The minimum atomic E-state index is -0.124. The molecule has 0 bridgehead atoms. The molecular weight excluding hydrogens is 270 g/mol. The predicted octanol–water partition coefficient (Wildman–Crippen LogP) is 4.90. The first-order valence-corrected chi connectivity index (χ1v) is 6.95. The Kier molecular flexibility index (Phi) is 3.96. The Morgan fingerprint density at radius 1 is 1.15 bits per heavy atom. The second kappa shape index (κ2) is 5.37. The van der Waals surface area contributed by atoms with Crippen LogP contribution in [0.3, 0.4) is 0 Å². The highest BCUT2D eigenvalue weighted by molar-refractivity contribution is 6.33. The van der Waals surface area contributed by atoms with Crippen LogP contribution in [0.15, 0.2) is 36.4 Å². The Hall–Kier alpha value is -1.67. The maximum absolute atomic E-state index is 11.7. The summed E-state index contributed by atoms with van der Waals surface area (Å²) < 4.78 is 0. The zero-order valence-corrected chi connectivity index (χ0v) is 13.0. The second-order valence-corrected chi connectivity index (χ2v) is 6.32. The first kappa shape index (κ1) is 14.7.